The van der Waals surface area contributed by atoms with E-state index in [0.717, 1.165) is 5.56 Å². The van der Waals surface area contributed by atoms with E-state index >= 15 is 0 Å². The fraction of sp³-hybridized carbons (Fsp3) is 0.250. The first kappa shape index (κ1) is 20.6. The minimum atomic E-state index is -1.32. The summed E-state index contributed by atoms with van der Waals surface area (Å²) in [7, 11) is 3.47. The summed E-state index contributed by atoms with van der Waals surface area (Å²) < 4.78 is 6.75. The van der Waals surface area contributed by atoms with E-state index < -0.39 is 11.4 Å². The van der Waals surface area contributed by atoms with Crippen LogP contribution in [0.2, 0.25) is 5.02 Å². The van der Waals surface area contributed by atoms with Crippen LogP contribution in [-0.4, -0.2) is 47.9 Å². The van der Waals surface area contributed by atoms with Gasteiger partial charge in [-0.15, -0.1) is 0 Å². The molecule has 8 nitrogen and oxygen atoms in total. The molecule has 9 heteroatoms. The molecule has 2 heterocycles. The number of ether oxygens (including phenoxy) is 1. The quantitative estimate of drug-likeness (QED) is 0.635. The van der Waals surface area contributed by atoms with Crippen LogP contribution >= 0.6 is 11.6 Å². The van der Waals surface area contributed by atoms with Crippen LogP contribution in [0.15, 0.2) is 35.4 Å². The van der Waals surface area contributed by atoms with E-state index in [4.69, 9.17) is 22.1 Å². The zero-order valence-corrected chi connectivity index (χ0v) is 17.0. The molecule has 0 atom stereocenters. The number of nitrogens with zero attached hydrogens (tertiary/aromatic N) is 3. The number of carboxylic acid groups (broad SMARTS) is 1. The molecule has 0 radical (unpaired) electrons. The number of fused-ring (bicyclic) bond motifs is 1. The number of hydrogen-bond donors (Lipinski definition) is 2. The number of aryl methyl sites for hydroxylation is 1. The third kappa shape index (κ3) is 3.90. The highest BCUT2D eigenvalue weighted by Crippen LogP contribution is 2.31. The fourth-order valence-electron chi connectivity index (χ4n) is 3.15. The second kappa shape index (κ2) is 8.10. The molecule has 0 fully saturated rings. The Morgan fingerprint density at radius 1 is 1.38 bits per heavy atom. The number of nitrogens with two attached hydrogens (primary N) is 1. The largest absolute Gasteiger partial charge is 0.477 e. The number of rotatable bonds is 6. The van der Waals surface area contributed by atoms with Crippen molar-refractivity contribution in [3.8, 4) is 5.69 Å². The van der Waals surface area contributed by atoms with E-state index in [2.05, 4.69) is 4.98 Å². The van der Waals surface area contributed by atoms with Gasteiger partial charge in [0.1, 0.15) is 11.4 Å². The first-order chi connectivity index (χ1) is 13.7. The average molecular weight is 417 g/mol. The summed E-state index contributed by atoms with van der Waals surface area (Å²) in [4.78, 5) is 30.5. The third-order valence-corrected chi connectivity index (χ3v) is 5.01. The van der Waals surface area contributed by atoms with E-state index in [0.29, 0.717) is 40.9 Å². The molecule has 0 saturated carbocycles. The molecule has 152 valence electrons. The number of aromatic carboxylic acids is 1. The average Bonchev–Trinajstić information content (AvgIpc) is 2.66. The van der Waals surface area contributed by atoms with Crippen molar-refractivity contribution in [2.24, 2.45) is 0 Å². The number of anilines is 2. The number of aromatic nitrogens is 2. The number of methoxy groups -OCH3 is 1. The Morgan fingerprint density at radius 3 is 2.72 bits per heavy atom. The lowest BCUT2D eigenvalue weighted by molar-refractivity contribution is 0.0695. The number of carboxylic acids is 1. The lowest BCUT2D eigenvalue weighted by Gasteiger charge is -2.22. The Balaban J connectivity index is 2.37. The van der Waals surface area contributed by atoms with Gasteiger partial charge >= 0.3 is 5.97 Å². The molecule has 0 aliphatic heterocycles. The molecule has 0 spiro atoms. The molecule has 29 heavy (non-hydrogen) atoms. The Bertz CT molecular complexity index is 1160. The molecule has 3 rings (SSSR count). The number of halogens is 1. The molecule has 0 unspecified atom stereocenters. The van der Waals surface area contributed by atoms with Crippen molar-refractivity contribution in [3.63, 3.8) is 0 Å². The number of nitrogen functional groups attached to an aromatic ring is 1. The van der Waals surface area contributed by atoms with Gasteiger partial charge in [-0.05, 0) is 30.7 Å². The van der Waals surface area contributed by atoms with Gasteiger partial charge in [0.25, 0.3) is 0 Å². The topological polar surface area (TPSA) is 111 Å². The van der Waals surface area contributed by atoms with Crippen molar-refractivity contribution < 1.29 is 14.6 Å². The molecule has 2 aromatic heterocycles. The highest BCUT2D eigenvalue weighted by molar-refractivity contribution is 6.34. The van der Waals surface area contributed by atoms with Crippen LogP contribution < -0.4 is 16.1 Å². The Labute approximate surface area is 172 Å². The second-order valence-corrected chi connectivity index (χ2v) is 7.09. The van der Waals surface area contributed by atoms with Crippen molar-refractivity contribution in [3.05, 3.63) is 57.0 Å². The van der Waals surface area contributed by atoms with Gasteiger partial charge in [-0.25, -0.2) is 9.78 Å². The van der Waals surface area contributed by atoms with E-state index in [1.165, 1.54) is 12.3 Å². The Morgan fingerprint density at radius 2 is 2.10 bits per heavy atom. The van der Waals surface area contributed by atoms with Crippen LogP contribution in [0.4, 0.5) is 11.5 Å². The van der Waals surface area contributed by atoms with E-state index in [9.17, 15) is 14.7 Å². The summed E-state index contributed by atoms with van der Waals surface area (Å²) in [5, 5.41) is 10.1. The molecule has 0 aliphatic rings. The first-order valence-corrected chi connectivity index (χ1v) is 9.17. The van der Waals surface area contributed by atoms with Crippen molar-refractivity contribution in [1.29, 1.82) is 0 Å². The molecule has 0 aliphatic carbocycles. The van der Waals surface area contributed by atoms with Gasteiger partial charge in [-0.2, -0.15) is 0 Å². The maximum Gasteiger partial charge on any atom is 0.341 e. The zero-order chi connectivity index (χ0) is 21.3. The van der Waals surface area contributed by atoms with Crippen molar-refractivity contribution in [2.45, 2.75) is 6.92 Å². The van der Waals surface area contributed by atoms with Gasteiger partial charge < -0.3 is 25.0 Å². The summed E-state index contributed by atoms with van der Waals surface area (Å²) in [6.07, 6.45) is 2.85. The standard InChI is InChI=1S/C20H21ClN4O4/c1-11-6-18(22)23-9-17(11)25-10-13(20(27)28)19(26)12-7-14(21)16(8-15(12)25)24(2)4-5-29-3/h6-10H,4-5H2,1-3H3,(H2,22,23)(H,27,28). The van der Waals surface area contributed by atoms with Crippen LogP contribution in [0.25, 0.3) is 16.6 Å². The van der Waals surface area contributed by atoms with Gasteiger partial charge in [0, 0.05) is 32.3 Å². The number of hydrogen-bond acceptors (Lipinski definition) is 6. The monoisotopic (exact) mass is 416 g/mol. The SMILES string of the molecule is COCCN(C)c1cc2c(cc1Cl)c(=O)c(C(=O)O)cn2-c1cnc(N)cc1C. The first-order valence-electron chi connectivity index (χ1n) is 8.79. The zero-order valence-electron chi connectivity index (χ0n) is 16.3. The lowest BCUT2D eigenvalue weighted by Crippen LogP contribution is -2.23. The summed E-state index contributed by atoms with van der Waals surface area (Å²) in [6, 6.07) is 4.94. The van der Waals surface area contributed by atoms with Crippen LogP contribution in [0.5, 0.6) is 0 Å². The maximum atomic E-state index is 12.8. The van der Waals surface area contributed by atoms with Crippen molar-refractivity contribution in [1.82, 2.24) is 9.55 Å². The highest BCUT2D eigenvalue weighted by atomic mass is 35.5. The summed E-state index contributed by atoms with van der Waals surface area (Å²) >= 11 is 6.42. The van der Waals surface area contributed by atoms with Gasteiger partial charge in [-0.3, -0.25) is 4.79 Å². The molecule has 0 saturated heterocycles. The molecular weight excluding hydrogens is 396 g/mol. The second-order valence-electron chi connectivity index (χ2n) is 6.68. The third-order valence-electron chi connectivity index (χ3n) is 4.71. The predicted molar refractivity (Wildman–Crippen MR) is 114 cm³/mol. The molecular formula is C20H21ClN4O4. The predicted octanol–water partition coefficient (Wildman–Crippen LogP) is 2.71. The number of likely N-dealkylation sites (N-methyl/N-ethyl adjacent to an activating group) is 1. The number of benzene rings is 1. The van der Waals surface area contributed by atoms with Gasteiger partial charge in [0.15, 0.2) is 0 Å². The molecule has 3 aromatic rings. The van der Waals surface area contributed by atoms with E-state index in [1.807, 2.05) is 18.9 Å². The molecule has 0 amide bonds. The lowest BCUT2D eigenvalue weighted by atomic mass is 10.1. The summed E-state index contributed by atoms with van der Waals surface area (Å²) in [5.74, 6) is -0.970. The van der Waals surface area contributed by atoms with Crippen LogP contribution in [-0.2, 0) is 4.74 Å². The summed E-state index contributed by atoms with van der Waals surface area (Å²) in [6.45, 7) is 2.91. The molecule has 3 N–H and O–H groups in total. The Kier molecular flexibility index (Phi) is 5.76. The van der Waals surface area contributed by atoms with E-state index in [1.54, 1.807) is 30.0 Å². The summed E-state index contributed by atoms with van der Waals surface area (Å²) in [5.41, 5.74) is 7.39. The highest BCUT2D eigenvalue weighted by Gasteiger charge is 2.19. The van der Waals surface area contributed by atoms with Crippen molar-refractivity contribution in [2.75, 3.05) is 37.9 Å². The number of pyridine rings is 2. The van der Waals surface area contributed by atoms with Gasteiger partial charge in [-0.1, -0.05) is 11.6 Å². The number of carbonyl (C=O) groups is 1. The van der Waals surface area contributed by atoms with Crippen LogP contribution in [0.1, 0.15) is 15.9 Å². The van der Waals surface area contributed by atoms with Crippen LogP contribution in [0, 0.1) is 6.92 Å². The minimum absolute atomic E-state index is 0.204. The van der Waals surface area contributed by atoms with E-state index in [-0.39, 0.29) is 10.9 Å². The minimum Gasteiger partial charge on any atom is -0.477 e. The van der Waals surface area contributed by atoms with Crippen LogP contribution in [0.3, 0.4) is 0 Å². The van der Waals surface area contributed by atoms with Gasteiger partial charge in [0.05, 0.1) is 34.7 Å². The molecule has 0 bridgehead atoms. The maximum absolute atomic E-state index is 12.8. The van der Waals surface area contributed by atoms with Gasteiger partial charge in [0.2, 0.25) is 5.43 Å². The normalized spacial score (nSPS) is 11.0. The Hall–Kier alpha value is -3.10. The van der Waals surface area contributed by atoms with Crippen molar-refractivity contribution >= 4 is 40.0 Å². The smallest absolute Gasteiger partial charge is 0.341 e. The molecule has 1 aromatic carbocycles. The fourth-order valence-corrected chi connectivity index (χ4v) is 3.46.